The number of ketones is 1. The second-order valence-corrected chi connectivity index (χ2v) is 9.00. The van der Waals surface area contributed by atoms with Crippen molar-refractivity contribution in [2.45, 2.75) is 77.7 Å². The highest BCUT2D eigenvalue weighted by atomic mass is 16.3. The van der Waals surface area contributed by atoms with Crippen LogP contribution in [0.3, 0.4) is 0 Å². The number of aliphatic hydroxyl groups excluding tert-OH is 1. The smallest absolute Gasteiger partial charge is 0.139 e. The normalized spacial score (nSPS) is 56.5. The first-order chi connectivity index (χ1) is 9.95. The van der Waals surface area contributed by atoms with Gasteiger partial charge in [0.15, 0.2) is 0 Å². The molecular formula is C19H30O2. The molecule has 118 valence electrons. The summed E-state index contributed by atoms with van der Waals surface area (Å²) in [5.41, 5.74) is 0.452. The van der Waals surface area contributed by atoms with E-state index in [1.165, 1.54) is 25.7 Å². The molecule has 2 heteroatoms. The molecule has 0 aromatic carbocycles. The van der Waals surface area contributed by atoms with Crippen molar-refractivity contribution in [1.29, 1.82) is 0 Å². The standard InChI is InChI=1S/C19H30O2/c1-18-9-7-13(20)11-12(18)3-4-14-15-5-6-17(21)19(15,2)10-8-16(14)18/h12-16,20H,3-11H2,1-2H3/t12-,13-,14+,15+,16+,18+,19+/m1/s1. The van der Waals surface area contributed by atoms with E-state index in [0.29, 0.717) is 17.1 Å². The number of hydrogen-bond donors (Lipinski definition) is 1. The van der Waals surface area contributed by atoms with Crippen LogP contribution in [0.25, 0.3) is 0 Å². The van der Waals surface area contributed by atoms with Crippen molar-refractivity contribution in [2.75, 3.05) is 0 Å². The molecule has 1 N–H and O–H groups in total. The van der Waals surface area contributed by atoms with Gasteiger partial charge in [0.25, 0.3) is 0 Å². The van der Waals surface area contributed by atoms with Crippen LogP contribution in [0, 0.1) is 34.5 Å². The highest BCUT2D eigenvalue weighted by Gasteiger charge is 2.60. The number of aliphatic hydroxyl groups is 1. The minimum Gasteiger partial charge on any atom is -0.393 e. The Morgan fingerprint density at radius 2 is 1.81 bits per heavy atom. The molecule has 4 aliphatic rings. The van der Waals surface area contributed by atoms with Gasteiger partial charge in [-0.1, -0.05) is 13.8 Å². The van der Waals surface area contributed by atoms with Crippen LogP contribution >= 0.6 is 0 Å². The topological polar surface area (TPSA) is 37.3 Å². The summed E-state index contributed by atoms with van der Waals surface area (Å²) in [6, 6.07) is 0. The van der Waals surface area contributed by atoms with E-state index in [2.05, 4.69) is 13.8 Å². The summed E-state index contributed by atoms with van der Waals surface area (Å²) in [7, 11) is 0. The van der Waals surface area contributed by atoms with Crippen LogP contribution in [-0.4, -0.2) is 17.0 Å². The molecule has 4 saturated carbocycles. The lowest BCUT2D eigenvalue weighted by Gasteiger charge is -2.60. The van der Waals surface area contributed by atoms with Crippen molar-refractivity contribution in [3.8, 4) is 0 Å². The third-order valence-corrected chi connectivity index (χ3v) is 8.35. The second-order valence-electron chi connectivity index (χ2n) is 9.00. The Labute approximate surface area is 128 Å². The maximum Gasteiger partial charge on any atom is 0.139 e. The van der Waals surface area contributed by atoms with Crippen LogP contribution in [0.4, 0.5) is 0 Å². The largest absolute Gasteiger partial charge is 0.393 e. The van der Waals surface area contributed by atoms with Crippen LogP contribution in [0.2, 0.25) is 0 Å². The SMILES string of the molecule is C[C@]12CC[C@@H](O)C[C@H]1CC[C@@H]1[C@@H]2CC[C@]2(C)C(=O)CC[C@@H]12. The van der Waals surface area contributed by atoms with Crippen LogP contribution < -0.4 is 0 Å². The van der Waals surface area contributed by atoms with Gasteiger partial charge in [0.2, 0.25) is 0 Å². The van der Waals surface area contributed by atoms with Gasteiger partial charge in [-0.3, -0.25) is 4.79 Å². The molecule has 0 spiro atoms. The third-order valence-electron chi connectivity index (χ3n) is 8.35. The van der Waals surface area contributed by atoms with Crippen molar-refractivity contribution in [3.05, 3.63) is 0 Å². The Bertz CT molecular complexity index is 458. The Kier molecular flexibility index (Phi) is 3.10. The Hall–Kier alpha value is -0.370. The van der Waals surface area contributed by atoms with Crippen molar-refractivity contribution in [3.63, 3.8) is 0 Å². The van der Waals surface area contributed by atoms with Crippen molar-refractivity contribution in [1.82, 2.24) is 0 Å². The van der Waals surface area contributed by atoms with Crippen molar-refractivity contribution >= 4 is 5.78 Å². The number of hydrogen-bond acceptors (Lipinski definition) is 2. The third kappa shape index (κ3) is 1.84. The zero-order valence-corrected chi connectivity index (χ0v) is 13.6. The van der Waals surface area contributed by atoms with E-state index >= 15 is 0 Å². The highest BCUT2D eigenvalue weighted by Crippen LogP contribution is 2.65. The first-order valence-electron chi connectivity index (χ1n) is 9.16. The van der Waals surface area contributed by atoms with Gasteiger partial charge in [0.05, 0.1) is 6.10 Å². The quantitative estimate of drug-likeness (QED) is 0.733. The Morgan fingerprint density at radius 3 is 2.62 bits per heavy atom. The molecule has 0 aromatic heterocycles. The van der Waals surface area contributed by atoms with Crippen molar-refractivity contribution in [2.24, 2.45) is 34.5 Å². The zero-order chi connectivity index (χ0) is 14.8. The zero-order valence-electron chi connectivity index (χ0n) is 13.6. The fourth-order valence-corrected chi connectivity index (χ4v) is 7.01. The fourth-order valence-electron chi connectivity index (χ4n) is 7.01. The summed E-state index contributed by atoms with van der Waals surface area (Å²) >= 11 is 0. The lowest BCUT2D eigenvalue weighted by Crippen LogP contribution is -2.54. The summed E-state index contributed by atoms with van der Waals surface area (Å²) in [5.74, 6) is 3.54. The van der Waals surface area contributed by atoms with E-state index in [-0.39, 0.29) is 11.5 Å². The van der Waals surface area contributed by atoms with E-state index in [4.69, 9.17) is 0 Å². The lowest BCUT2D eigenvalue weighted by molar-refractivity contribution is -0.142. The summed E-state index contributed by atoms with van der Waals surface area (Å²) < 4.78 is 0. The van der Waals surface area contributed by atoms with E-state index < -0.39 is 0 Å². The van der Waals surface area contributed by atoms with Gasteiger partial charge in [0, 0.05) is 11.8 Å². The Balaban J connectivity index is 1.64. The molecule has 4 fully saturated rings. The minimum absolute atomic E-state index is 0.0124. The van der Waals surface area contributed by atoms with Crippen molar-refractivity contribution < 1.29 is 9.90 Å². The average molecular weight is 290 g/mol. The molecule has 4 aliphatic carbocycles. The van der Waals surface area contributed by atoms with Crippen LogP contribution in [-0.2, 0) is 4.79 Å². The number of carbonyl (C=O) groups excluding carboxylic acids is 1. The van der Waals surface area contributed by atoms with E-state index in [9.17, 15) is 9.90 Å². The predicted molar refractivity (Wildman–Crippen MR) is 82.7 cm³/mol. The molecule has 0 aliphatic heterocycles. The minimum atomic E-state index is -0.0541. The molecule has 0 heterocycles. The van der Waals surface area contributed by atoms with Crippen LogP contribution in [0.1, 0.15) is 71.6 Å². The molecule has 0 radical (unpaired) electrons. The van der Waals surface area contributed by atoms with E-state index in [0.717, 1.165) is 49.9 Å². The monoisotopic (exact) mass is 290 g/mol. The fraction of sp³-hybridized carbons (Fsp3) is 0.947. The van der Waals surface area contributed by atoms with Gasteiger partial charge in [-0.2, -0.15) is 0 Å². The van der Waals surface area contributed by atoms with Crippen LogP contribution in [0.5, 0.6) is 0 Å². The maximum absolute atomic E-state index is 12.4. The van der Waals surface area contributed by atoms with Gasteiger partial charge < -0.3 is 5.11 Å². The summed E-state index contributed by atoms with van der Waals surface area (Å²) in [4.78, 5) is 12.4. The number of carbonyl (C=O) groups is 1. The first-order valence-corrected chi connectivity index (χ1v) is 9.16. The number of Topliss-reactive ketones (excluding diaryl/α,β-unsaturated/α-hetero) is 1. The Morgan fingerprint density at radius 1 is 1.00 bits per heavy atom. The number of rotatable bonds is 0. The lowest BCUT2D eigenvalue weighted by atomic mass is 9.45. The molecule has 2 nitrogen and oxygen atoms in total. The molecule has 0 unspecified atom stereocenters. The summed E-state index contributed by atoms with van der Waals surface area (Å²) in [6.45, 7) is 4.78. The molecule has 7 atom stereocenters. The molecule has 0 amide bonds. The number of fused-ring (bicyclic) bond motifs is 5. The molecular weight excluding hydrogens is 260 g/mol. The van der Waals surface area contributed by atoms with Gasteiger partial charge in [-0.25, -0.2) is 0 Å². The van der Waals surface area contributed by atoms with Gasteiger partial charge in [-0.15, -0.1) is 0 Å². The second kappa shape index (κ2) is 4.57. The predicted octanol–water partition coefficient (Wildman–Crippen LogP) is 3.96. The molecule has 0 saturated heterocycles. The first kappa shape index (κ1) is 14.2. The van der Waals surface area contributed by atoms with E-state index in [1.54, 1.807) is 0 Å². The van der Waals surface area contributed by atoms with E-state index in [1.807, 2.05) is 0 Å². The summed E-state index contributed by atoms with van der Waals surface area (Å²) in [6.07, 6.45) is 10.1. The van der Waals surface area contributed by atoms with Crippen LogP contribution in [0.15, 0.2) is 0 Å². The van der Waals surface area contributed by atoms with Gasteiger partial charge >= 0.3 is 0 Å². The molecule has 4 rings (SSSR count). The molecule has 0 aromatic rings. The highest BCUT2D eigenvalue weighted by molar-refractivity contribution is 5.87. The summed E-state index contributed by atoms with van der Waals surface area (Å²) in [5, 5.41) is 10.0. The molecule has 0 bridgehead atoms. The molecule has 21 heavy (non-hydrogen) atoms. The van der Waals surface area contributed by atoms with Gasteiger partial charge in [0.1, 0.15) is 5.78 Å². The van der Waals surface area contributed by atoms with Gasteiger partial charge in [-0.05, 0) is 80.5 Å². The maximum atomic E-state index is 12.4. The average Bonchev–Trinajstić information content (AvgIpc) is 2.76.